The van der Waals surface area contributed by atoms with Crippen LogP contribution < -0.4 is 0 Å². The van der Waals surface area contributed by atoms with Crippen molar-refractivity contribution in [2.75, 3.05) is 0 Å². The third-order valence-electron chi connectivity index (χ3n) is 3.95. The molecular weight excluding hydrogens is 331 g/mol. The molecule has 0 radical (unpaired) electrons. The van der Waals surface area contributed by atoms with Crippen LogP contribution in [0, 0.1) is 13.8 Å². The number of aryl methyl sites for hydroxylation is 2. The second-order valence-corrected chi connectivity index (χ2v) is 5.83. The molecule has 0 atom stereocenters. The Bertz CT molecular complexity index is 1110. The summed E-state index contributed by atoms with van der Waals surface area (Å²) in [5, 5.41) is 8.27. The Morgan fingerprint density at radius 1 is 1.00 bits per heavy atom. The molecule has 0 aliphatic heterocycles. The van der Waals surface area contributed by atoms with E-state index in [4.69, 9.17) is 0 Å². The third-order valence-corrected chi connectivity index (χ3v) is 3.95. The summed E-state index contributed by atoms with van der Waals surface area (Å²) in [6.07, 6.45) is -1.14. The lowest BCUT2D eigenvalue weighted by Crippen LogP contribution is -2.06. The largest absolute Gasteiger partial charge is 0.416 e. The van der Waals surface area contributed by atoms with Gasteiger partial charge in [0.15, 0.2) is 11.5 Å². The topological polar surface area (TPSA) is 56.0 Å². The highest BCUT2D eigenvalue weighted by molar-refractivity contribution is 5.82. The van der Waals surface area contributed by atoms with Gasteiger partial charge in [-0.25, -0.2) is 4.98 Å². The average Bonchev–Trinajstić information content (AvgIpc) is 2.99. The second kappa shape index (κ2) is 5.23. The number of hydrogen-bond donors (Lipinski definition) is 0. The Morgan fingerprint density at radius 2 is 1.80 bits per heavy atom. The normalized spacial score (nSPS) is 12.2. The zero-order chi connectivity index (χ0) is 17.8. The predicted molar refractivity (Wildman–Crippen MR) is 86.0 cm³/mol. The maximum Gasteiger partial charge on any atom is 0.416 e. The zero-order valence-electron chi connectivity index (χ0n) is 13.3. The van der Waals surface area contributed by atoms with E-state index in [0.29, 0.717) is 33.8 Å². The molecule has 4 aromatic rings. The van der Waals surface area contributed by atoms with E-state index >= 15 is 0 Å². The summed E-state index contributed by atoms with van der Waals surface area (Å²) in [5.41, 5.74) is 2.61. The minimum absolute atomic E-state index is 0.303. The molecule has 5 nitrogen and oxygen atoms in total. The number of pyridine rings is 1. The summed E-state index contributed by atoms with van der Waals surface area (Å²) >= 11 is 0. The SMILES string of the molecule is Cc1cncc(-c2nnc3c(C)nc4ccc(C(F)(F)F)cc4n23)c1. The Labute approximate surface area is 140 Å². The van der Waals surface area contributed by atoms with Gasteiger partial charge in [-0.2, -0.15) is 13.2 Å². The van der Waals surface area contributed by atoms with Gasteiger partial charge in [0.1, 0.15) is 0 Å². The highest BCUT2D eigenvalue weighted by atomic mass is 19.4. The van der Waals surface area contributed by atoms with Crippen molar-refractivity contribution in [3.05, 3.63) is 53.5 Å². The molecule has 126 valence electrons. The van der Waals surface area contributed by atoms with Crippen molar-refractivity contribution in [1.29, 1.82) is 0 Å². The maximum atomic E-state index is 13.1. The molecule has 25 heavy (non-hydrogen) atoms. The van der Waals surface area contributed by atoms with E-state index in [1.807, 2.05) is 13.0 Å². The molecule has 0 saturated heterocycles. The van der Waals surface area contributed by atoms with Crippen LogP contribution in [-0.2, 0) is 6.18 Å². The molecule has 0 N–H and O–H groups in total. The number of nitrogens with zero attached hydrogens (tertiary/aromatic N) is 5. The molecular formula is C17H12F3N5. The first-order valence-corrected chi connectivity index (χ1v) is 7.49. The predicted octanol–water partition coefficient (Wildman–Crippen LogP) is 3.98. The quantitative estimate of drug-likeness (QED) is 0.525. The van der Waals surface area contributed by atoms with Gasteiger partial charge in [0.05, 0.1) is 22.3 Å². The molecule has 0 saturated carbocycles. The fourth-order valence-electron chi connectivity index (χ4n) is 2.81. The fourth-order valence-corrected chi connectivity index (χ4v) is 2.81. The van der Waals surface area contributed by atoms with Gasteiger partial charge in [-0.3, -0.25) is 9.38 Å². The molecule has 3 heterocycles. The Hall–Kier alpha value is -3.03. The monoisotopic (exact) mass is 343 g/mol. The van der Waals surface area contributed by atoms with E-state index in [2.05, 4.69) is 20.2 Å². The van der Waals surface area contributed by atoms with Crippen LogP contribution in [0.2, 0.25) is 0 Å². The standard InChI is InChI=1S/C17H12F3N5/c1-9-5-11(8-21-7-9)16-24-23-15-10(2)22-13-4-3-12(17(18,19)20)6-14(13)25(15)16/h3-8H,1-2H3. The lowest BCUT2D eigenvalue weighted by atomic mass is 10.1. The first kappa shape index (κ1) is 15.5. The summed E-state index contributed by atoms with van der Waals surface area (Å²) < 4.78 is 41.0. The van der Waals surface area contributed by atoms with E-state index in [-0.39, 0.29) is 0 Å². The van der Waals surface area contributed by atoms with Gasteiger partial charge in [0.2, 0.25) is 0 Å². The number of halogens is 3. The van der Waals surface area contributed by atoms with Crippen molar-refractivity contribution in [2.45, 2.75) is 20.0 Å². The first-order valence-electron chi connectivity index (χ1n) is 7.49. The van der Waals surface area contributed by atoms with Gasteiger partial charge in [-0.15, -0.1) is 10.2 Å². The molecule has 3 aromatic heterocycles. The number of rotatable bonds is 1. The molecule has 0 unspecified atom stereocenters. The molecule has 0 fully saturated rings. The molecule has 0 aliphatic carbocycles. The number of hydrogen-bond acceptors (Lipinski definition) is 4. The molecule has 8 heteroatoms. The van der Waals surface area contributed by atoms with Crippen molar-refractivity contribution in [3.8, 4) is 11.4 Å². The van der Waals surface area contributed by atoms with Crippen LogP contribution in [0.1, 0.15) is 16.8 Å². The highest BCUT2D eigenvalue weighted by Crippen LogP contribution is 2.32. The van der Waals surface area contributed by atoms with Crippen molar-refractivity contribution in [3.63, 3.8) is 0 Å². The van der Waals surface area contributed by atoms with Crippen LogP contribution in [0.25, 0.3) is 28.1 Å². The average molecular weight is 343 g/mol. The summed E-state index contributed by atoms with van der Waals surface area (Å²) in [4.78, 5) is 8.47. The van der Waals surface area contributed by atoms with E-state index in [9.17, 15) is 13.2 Å². The van der Waals surface area contributed by atoms with Crippen LogP contribution in [0.15, 0.2) is 36.7 Å². The molecule has 0 aliphatic rings. The minimum Gasteiger partial charge on any atom is -0.272 e. The smallest absolute Gasteiger partial charge is 0.272 e. The van der Waals surface area contributed by atoms with Gasteiger partial charge >= 0.3 is 6.18 Å². The fraction of sp³-hybridized carbons (Fsp3) is 0.176. The summed E-state index contributed by atoms with van der Waals surface area (Å²) in [5.74, 6) is 0.432. The van der Waals surface area contributed by atoms with Crippen molar-refractivity contribution < 1.29 is 13.2 Å². The number of aromatic nitrogens is 5. The van der Waals surface area contributed by atoms with Crippen LogP contribution in [0.5, 0.6) is 0 Å². The van der Waals surface area contributed by atoms with Crippen molar-refractivity contribution in [2.24, 2.45) is 0 Å². The van der Waals surface area contributed by atoms with Gasteiger partial charge < -0.3 is 0 Å². The molecule has 0 bridgehead atoms. The number of fused-ring (bicyclic) bond motifs is 3. The molecule has 4 rings (SSSR count). The highest BCUT2D eigenvalue weighted by Gasteiger charge is 2.31. The third kappa shape index (κ3) is 2.50. The lowest BCUT2D eigenvalue weighted by molar-refractivity contribution is -0.137. The molecule has 0 spiro atoms. The lowest BCUT2D eigenvalue weighted by Gasteiger charge is -2.10. The number of alkyl halides is 3. The van der Waals surface area contributed by atoms with E-state index in [0.717, 1.165) is 17.7 Å². The Balaban J connectivity index is 2.12. The number of benzene rings is 1. The Kier molecular flexibility index (Phi) is 3.24. The molecule has 1 aromatic carbocycles. The Morgan fingerprint density at radius 3 is 2.52 bits per heavy atom. The van der Waals surface area contributed by atoms with Gasteiger partial charge in [-0.1, -0.05) is 0 Å². The first-order chi connectivity index (χ1) is 11.8. The van der Waals surface area contributed by atoms with Crippen LogP contribution in [0.3, 0.4) is 0 Å². The zero-order valence-corrected chi connectivity index (χ0v) is 13.3. The van der Waals surface area contributed by atoms with Crippen molar-refractivity contribution in [1.82, 2.24) is 24.6 Å². The summed E-state index contributed by atoms with van der Waals surface area (Å²) in [7, 11) is 0. The van der Waals surface area contributed by atoms with Crippen LogP contribution >= 0.6 is 0 Å². The van der Waals surface area contributed by atoms with Crippen molar-refractivity contribution >= 4 is 16.7 Å². The molecule has 0 amide bonds. The van der Waals surface area contributed by atoms with Crippen LogP contribution in [0.4, 0.5) is 13.2 Å². The van der Waals surface area contributed by atoms with Crippen LogP contribution in [-0.4, -0.2) is 24.6 Å². The minimum atomic E-state index is -4.44. The second-order valence-electron chi connectivity index (χ2n) is 5.83. The summed E-state index contributed by atoms with van der Waals surface area (Å²) in [6.45, 7) is 3.63. The maximum absolute atomic E-state index is 13.1. The summed E-state index contributed by atoms with van der Waals surface area (Å²) in [6, 6.07) is 5.32. The van der Waals surface area contributed by atoms with Gasteiger partial charge in [0.25, 0.3) is 0 Å². The van der Waals surface area contributed by atoms with E-state index in [1.54, 1.807) is 23.7 Å². The van der Waals surface area contributed by atoms with E-state index in [1.165, 1.54) is 6.07 Å². The van der Waals surface area contributed by atoms with E-state index < -0.39 is 11.7 Å². The van der Waals surface area contributed by atoms with Gasteiger partial charge in [0, 0.05) is 18.0 Å². The van der Waals surface area contributed by atoms with Gasteiger partial charge in [-0.05, 0) is 43.7 Å².